The molecule has 0 radical (unpaired) electrons. The molecule has 0 unspecified atom stereocenters. The third-order valence-corrected chi connectivity index (χ3v) is 4.77. The van der Waals surface area contributed by atoms with Gasteiger partial charge < -0.3 is 19.2 Å². The molecule has 130 valence electrons. The normalized spacial score (nSPS) is 19.3. The quantitative estimate of drug-likeness (QED) is 0.836. The number of carbonyl (C=O) groups excluding carboxylic acids is 2. The monoisotopic (exact) mass is 353 g/mol. The van der Waals surface area contributed by atoms with Crippen molar-refractivity contribution in [1.29, 1.82) is 0 Å². The van der Waals surface area contributed by atoms with Crippen LogP contribution in [-0.2, 0) is 19.1 Å². The van der Waals surface area contributed by atoms with Crippen molar-refractivity contribution in [2.75, 3.05) is 13.2 Å². The first-order valence-electron chi connectivity index (χ1n) is 8.04. The van der Waals surface area contributed by atoms with Crippen LogP contribution in [-0.4, -0.2) is 25.2 Å². The lowest BCUT2D eigenvalue weighted by atomic mass is 9.81. The van der Waals surface area contributed by atoms with Crippen LogP contribution in [0.1, 0.15) is 11.5 Å². The van der Waals surface area contributed by atoms with E-state index in [4.69, 9.17) is 13.9 Å². The average molecular weight is 353 g/mol. The van der Waals surface area contributed by atoms with Gasteiger partial charge in [-0.2, -0.15) is 0 Å². The lowest BCUT2D eigenvalue weighted by Gasteiger charge is -2.24. The summed E-state index contributed by atoms with van der Waals surface area (Å²) in [5, 5.41) is 3.07. The van der Waals surface area contributed by atoms with Gasteiger partial charge in [-0.25, -0.2) is 14.0 Å². The van der Waals surface area contributed by atoms with Gasteiger partial charge in [-0.15, -0.1) is 0 Å². The van der Waals surface area contributed by atoms with Gasteiger partial charge in [0.15, 0.2) is 0 Å². The molecular formula is C19H12FNO5. The van der Waals surface area contributed by atoms with Crippen molar-refractivity contribution in [3.8, 4) is 11.3 Å². The van der Waals surface area contributed by atoms with Crippen molar-refractivity contribution in [3.05, 3.63) is 70.5 Å². The summed E-state index contributed by atoms with van der Waals surface area (Å²) in [5.41, 5.74) is 2.80. The fourth-order valence-corrected chi connectivity index (χ4v) is 3.63. The highest BCUT2D eigenvalue weighted by Crippen LogP contribution is 2.44. The Labute approximate surface area is 146 Å². The first kappa shape index (κ1) is 14.9. The standard InChI is InChI=1S/C19H12FNO5/c20-11-4-3-9(6-10(11)14-2-1-5-24-14)15-16-12(7-25-18(16)22)21-13-8-26-19(23)17(13)15/h1-6,15,21H,7-8H2. The van der Waals surface area contributed by atoms with E-state index in [0.29, 0.717) is 33.9 Å². The van der Waals surface area contributed by atoms with E-state index in [9.17, 15) is 14.0 Å². The van der Waals surface area contributed by atoms with Crippen LogP contribution in [0, 0.1) is 5.82 Å². The maximum atomic E-state index is 14.3. The van der Waals surface area contributed by atoms with Crippen LogP contribution >= 0.6 is 0 Å². The van der Waals surface area contributed by atoms with Crippen molar-refractivity contribution >= 4 is 11.9 Å². The second-order valence-electron chi connectivity index (χ2n) is 6.21. The number of dihydropyridines is 1. The Morgan fingerprint density at radius 2 is 1.69 bits per heavy atom. The van der Waals surface area contributed by atoms with E-state index in [1.807, 2.05) is 0 Å². The highest BCUT2D eigenvalue weighted by Gasteiger charge is 2.45. The molecule has 1 aromatic carbocycles. The van der Waals surface area contributed by atoms with Gasteiger partial charge in [0.05, 0.1) is 40.3 Å². The van der Waals surface area contributed by atoms with E-state index in [1.165, 1.54) is 12.3 Å². The van der Waals surface area contributed by atoms with Crippen LogP contribution in [0.5, 0.6) is 0 Å². The van der Waals surface area contributed by atoms with Gasteiger partial charge in [-0.05, 0) is 29.8 Å². The molecule has 26 heavy (non-hydrogen) atoms. The highest BCUT2D eigenvalue weighted by molar-refractivity contribution is 6.02. The van der Waals surface area contributed by atoms with Gasteiger partial charge in [0, 0.05) is 0 Å². The molecule has 0 spiro atoms. The Bertz CT molecular complexity index is 979. The van der Waals surface area contributed by atoms with Gasteiger partial charge in [0.2, 0.25) is 0 Å². The molecule has 2 aromatic rings. The number of furan rings is 1. The molecule has 3 aliphatic heterocycles. The lowest BCUT2D eigenvalue weighted by molar-refractivity contribution is -0.136. The van der Waals surface area contributed by atoms with Crippen LogP contribution in [0.15, 0.2) is 63.6 Å². The molecule has 0 bridgehead atoms. The van der Waals surface area contributed by atoms with Crippen molar-refractivity contribution in [3.63, 3.8) is 0 Å². The second kappa shape index (κ2) is 5.32. The Morgan fingerprint density at radius 3 is 2.31 bits per heavy atom. The molecule has 5 rings (SSSR count). The maximum Gasteiger partial charge on any atom is 0.337 e. The van der Waals surface area contributed by atoms with Gasteiger partial charge in [-0.3, -0.25) is 0 Å². The molecule has 1 N–H and O–H groups in total. The summed E-state index contributed by atoms with van der Waals surface area (Å²) in [6.07, 6.45) is 1.45. The maximum absolute atomic E-state index is 14.3. The van der Waals surface area contributed by atoms with Crippen LogP contribution < -0.4 is 5.32 Å². The van der Waals surface area contributed by atoms with Gasteiger partial charge >= 0.3 is 11.9 Å². The molecule has 0 fully saturated rings. The topological polar surface area (TPSA) is 77.8 Å². The minimum absolute atomic E-state index is 0.113. The molecule has 0 aliphatic carbocycles. The summed E-state index contributed by atoms with van der Waals surface area (Å²) >= 11 is 0. The number of nitrogens with one attached hydrogen (secondary N) is 1. The Morgan fingerprint density at radius 1 is 1.00 bits per heavy atom. The Kier molecular flexibility index (Phi) is 3.06. The summed E-state index contributed by atoms with van der Waals surface area (Å²) in [5.74, 6) is -1.74. The predicted molar refractivity (Wildman–Crippen MR) is 85.9 cm³/mol. The first-order valence-corrected chi connectivity index (χ1v) is 8.04. The lowest BCUT2D eigenvalue weighted by Crippen LogP contribution is -2.27. The minimum atomic E-state index is -0.666. The summed E-state index contributed by atoms with van der Waals surface area (Å²) in [4.78, 5) is 24.6. The second-order valence-corrected chi connectivity index (χ2v) is 6.21. The molecule has 7 heteroatoms. The molecule has 0 amide bonds. The number of benzene rings is 1. The average Bonchev–Trinajstić information content (AvgIpc) is 3.36. The predicted octanol–water partition coefficient (Wildman–Crippen LogP) is 2.39. The van der Waals surface area contributed by atoms with E-state index in [0.717, 1.165) is 0 Å². The van der Waals surface area contributed by atoms with Crippen LogP contribution in [0.4, 0.5) is 4.39 Å². The molecule has 6 nitrogen and oxygen atoms in total. The Balaban J connectivity index is 1.70. The number of hydrogen-bond acceptors (Lipinski definition) is 6. The first-order chi connectivity index (χ1) is 12.6. The van der Waals surface area contributed by atoms with Crippen LogP contribution in [0.3, 0.4) is 0 Å². The molecule has 0 saturated carbocycles. The third kappa shape index (κ3) is 2.03. The number of hydrogen-bond donors (Lipinski definition) is 1. The van der Waals surface area contributed by atoms with Crippen molar-refractivity contribution in [2.24, 2.45) is 0 Å². The Hall–Kier alpha value is -3.35. The number of ether oxygens (including phenoxy) is 2. The van der Waals surface area contributed by atoms with Gasteiger partial charge in [0.1, 0.15) is 24.8 Å². The van der Waals surface area contributed by atoms with E-state index < -0.39 is 23.7 Å². The summed E-state index contributed by atoms with van der Waals surface area (Å²) in [6.45, 7) is 0.226. The van der Waals surface area contributed by atoms with Crippen molar-refractivity contribution in [2.45, 2.75) is 5.92 Å². The molecule has 1 aromatic heterocycles. The number of halogens is 1. The zero-order valence-electron chi connectivity index (χ0n) is 13.4. The molecule has 3 aliphatic rings. The zero-order chi connectivity index (χ0) is 17.8. The van der Waals surface area contributed by atoms with Crippen molar-refractivity contribution < 1.29 is 27.9 Å². The number of rotatable bonds is 2. The number of carbonyl (C=O) groups is 2. The molecule has 0 atom stereocenters. The highest BCUT2D eigenvalue weighted by atomic mass is 19.1. The number of cyclic esters (lactones) is 2. The third-order valence-electron chi connectivity index (χ3n) is 4.77. The zero-order valence-corrected chi connectivity index (χ0v) is 13.4. The van der Waals surface area contributed by atoms with E-state index in [-0.39, 0.29) is 18.8 Å². The van der Waals surface area contributed by atoms with Crippen molar-refractivity contribution in [1.82, 2.24) is 5.32 Å². The molecule has 4 heterocycles. The molecular weight excluding hydrogens is 341 g/mol. The molecule has 0 saturated heterocycles. The summed E-state index contributed by atoms with van der Waals surface area (Å²) in [6, 6.07) is 7.76. The smallest absolute Gasteiger partial charge is 0.337 e. The van der Waals surface area contributed by atoms with Crippen LogP contribution in [0.25, 0.3) is 11.3 Å². The minimum Gasteiger partial charge on any atom is -0.464 e. The fourth-order valence-electron chi connectivity index (χ4n) is 3.63. The van der Waals surface area contributed by atoms with Crippen LogP contribution in [0.2, 0.25) is 0 Å². The van der Waals surface area contributed by atoms with E-state index in [2.05, 4.69) is 5.32 Å². The van der Waals surface area contributed by atoms with E-state index in [1.54, 1.807) is 24.3 Å². The SMILES string of the molecule is O=C1OCC2=C1C(c1ccc(F)c(-c3ccco3)c1)C1=C(COC1=O)N2. The summed E-state index contributed by atoms with van der Waals surface area (Å²) < 4.78 is 29.9. The van der Waals surface area contributed by atoms with Gasteiger partial charge in [0.25, 0.3) is 0 Å². The van der Waals surface area contributed by atoms with Gasteiger partial charge in [-0.1, -0.05) is 6.07 Å². The number of esters is 2. The summed E-state index contributed by atoms with van der Waals surface area (Å²) in [7, 11) is 0. The largest absolute Gasteiger partial charge is 0.464 e. The van der Waals surface area contributed by atoms with E-state index >= 15 is 0 Å². The fraction of sp³-hybridized carbons (Fsp3) is 0.158.